The van der Waals surface area contributed by atoms with Gasteiger partial charge in [-0.2, -0.15) is 0 Å². The zero-order chi connectivity index (χ0) is 14.8. The highest BCUT2D eigenvalue weighted by Crippen LogP contribution is 2.33. The van der Waals surface area contributed by atoms with Gasteiger partial charge in [0, 0.05) is 11.6 Å². The Balaban J connectivity index is 1.99. The normalized spacial score (nSPS) is 16.9. The lowest BCUT2D eigenvalue weighted by Crippen LogP contribution is -2.33. The molecule has 0 aliphatic heterocycles. The van der Waals surface area contributed by atoms with Gasteiger partial charge < -0.3 is 5.73 Å². The van der Waals surface area contributed by atoms with Crippen LogP contribution in [0.15, 0.2) is 24.3 Å². The maximum absolute atomic E-state index is 12.1. The third-order valence-corrected chi connectivity index (χ3v) is 5.04. The third-order valence-electron chi connectivity index (χ3n) is 3.33. The van der Waals surface area contributed by atoms with Crippen molar-refractivity contribution in [1.82, 2.24) is 4.72 Å². The summed E-state index contributed by atoms with van der Waals surface area (Å²) in [6.45, 7) is 1.92. The molecule has 0 bridgehead atoms. The molecular weight excluding hydrogens is 292 g/mol. The Kier molecular flexibility index (Phi) is 4.78. The van der Waals surface area contributed by atoms with Crippen LogP contribution in [0, 0.1) is 5.92 Å². The molecule has 0 spiro atoms. The molecule has 2 rings (SSSR count). The maximum atomic E-state index is 12.1. The van der Waals surface area contributed by atoms with Gasteiger partial charge in [0.25, 0.3) is 0 Å². The lowest BCUT2D eigenvalue weighted by molar-refractivity contribution is 0.529. The molecule has 1 aromatic carbocycles. The van der Waals surface area contributed by atoms with Crippen LogP contribution >= 0.6 is 12.2 Å². The van der Waals surface area contributed by atoms with Crippen molar-refractivity contribution in [1.29, 1.82) is 0 Å². The molecule has 1 fully saturated rings. The van der Waals surface area contributed by atoms with E-state index in [1.165, 1.54) is 12.8 Å². The van der Waals surface area contributed by atoms with Gasteiger partial charge in [-0.25, -0.2) is 13.1 Å². The minimum atomic E-state index is -3.33. The lowest BCUT2D eigenvalue weighted by Gasteiger charge is -2.14. The smallest absolute Gasteiger partial charge is 0.216 e. The fourth-order valence-electron chi connectivity index (χ4n) is 2.28. The Morgan fingerprint density at radius 2 is 2.20 bits per heavy atom. The zero-order valence-corrected chi connectivity index (χ0v) is 13.1. The van der Waals surface area contributed by atoms with Crippen molar-refractivity contribution in [3.05, 3.63) is 35.4 Å². The van der Waals surface area contributed by atoms with E-state index < -0.39 is 10.0 Å². The molecule has 20 heavy (non-hydrogen) atoms. The molecule has 0 saturated heterocycles. The number of thiocarbonyl (C=S) groups is 1. The fourth-order valence-corrected chi connectivity index (χ4v) is 3.82. The fraction of sp³-hybridized carbons (Fsp3) is 0.500. The molecule has 6 heteroatoms. The van der Waals surface area contributed by atoms with Crippen molar-refractivity contribution < 1.29 is 8.42 Å². The largest absolute Gasteiger partial charge is 0.389 e. The SMILES string of the molecule is CC(CC1CC1)NS(=O)(=O)Cc1cccc(C(N)=S)c1. The Morgan fingerprint density at radius 1 is 1.50 bits per heavy atom. The molecular formula is C14H20N2O2S2. The van der Waals surface area contributed by atoms with E-state index in [1.807, 2.05) is 6.92 Å². The number of sulfonamides is 1. The maximum Gasteiger partial charge on any atom is 0.216 e. The highest BCUT2D eigenvalue weighted by molar-refractivity contribution is 7.88. The lowest BCUT2D eigenvalue weighted by atomic mass is 10.1. The number of nitrogens with one attached hydrogen (secondary N) is 1. The molecule has 1 aliphatic rings. The molecule has 110 valence electrons. The zero-order valence-electron chi connectivity index (χ0n) is 11.5. The minimum Gasteiger partial charge on any atom is -0.389 e. The van der Waals surface area contributed by atoms with E-state index in [1.54, 1.807) is 24.3 Å². The van der Waals surface area contributed by atoms with Gasteiger partial charge in [0.1, 0.15) is 4.99 Å². The van der Waals surface area contributed by atoms with Gasteiger partial charge in [-0.05, 0) is 30.9 Å². The summed E-state index contributed by atoms with van der Waals surface area (Å²) < 4.78 is 27.0. The van der Waals surface area contributed by atoms with Crippen molar-refractivity contribution in [3.8, 4) is 0 Å². The van der Waals surface area contributed by atoms with Gasteiger partial charge in [0.15, 0.2) is 0 Å². The summed E-state index contributed by atoms with van der Waals surface area (Å²) >= 11 is 4.90. The first-order valence-electron chi connectivity index (χ1n) is 6.74. The van der Waals surface area contributed by atoms with Gasteiger partial charge in [-0.1, -0.05) is 43.3 Å². The van der Waals surface area contributed by atoms with Crippen molar-refractivity contribution in [2.24, 2.45) is 11.7 Å². The molecule has 0 aromatic heterocycles. The first-order valence-corrected chi connectivity index (χ1v) is 8.80. The average molecular weight is 312 g/mol. The van der Waals surface area contributed by atoms with Crippen LogP contribution in [0.5, 0.6) is 0 Å². The van der Waals surface area contributed by atoms with Crippen LogP contribution in [-0.4, -0.2) is 19.4 Å². The van der Waals surface area contributed by atoms with E-state index in [-0.39, 0.29) is 16.8 Å². The van der Waals surface area contributed by atoms with E-state index >= 15 is 0 Å². The van der Waals surface area contributed by atoms with Crippen molar-refractivity contribution in [2.75, 3.05) is 0 Å². The number of hydrogen-bond donors (Lipinski definition) is 2. The number of benzene rings is 1. The van der Waals surface area contributed by atoms with Gasteiger partial charge >= 0.3 is 0 Å². The van der Waals surface area contributed by atoms with Crippen molar-refractivity contribution in [3.63, 3.8) is 0 Å². The second-order valence-electron chi connectivity index (χ2n) is 5.52. The number of rotatable bonds is 7. The van der Waals surface area contributed by atoms with Gasteiger partial charge in [0.05, 0.1) is 5.75 Å². The summed E-state index contributed by atoms with van der Waals surface area (Å²) in [5.74, 6) is 0.656. The molecule has 1 atom stereocenters. The first-order chi connectivity index (χ1) is 9.35. The predicted molar refractivity (Wildman–Crippen MR) is 84.9 cm³/mol. The minimum absolute atomic E-state index is 0.00809. The quantitative estimate of drug-likeness (QED) is 0.755. The van der Waals surface area contributed by atoms with Crippen LogP contribution in [0.4, 0.5) is 0 Å². The van der Waals surface area contributed by atoms with Gasteiger partial charge in [-0.15, -0.1) is 0 Å². The van der Waals surface area contributed by atoms with Crippen LogP contribution in [0.1, 0.15) is 37.3 Å². The summed E-state index contributed by atoms with van der Waals surface area (Å²) in [5.41, 5.74) is 6.94. The van der Waals surface area contributed by atoms with Crippen LogP contribution in [0.2, 0.25) is 0 Å². The van der Waals surface area contributed by atoms with E-state index in [0.717, 1.165) is 6.42 Å². The van der Waals surface area contributed by atoms with Crippen LogP contribution in [-0.2, 0) is 15.8 Å². The predicted octanol–water partition coefficient (Wildman–Crippen LogP) is 1.93. The van der Waals surface area contributed by atoms with Crippen molar-refractivity contribution in [2.45, 2.75) is 38.0 Å². The molecule has 1 unspecified atom stereocenters. The van der Waals surface area contributed by atoms with Crippen LogP contribution in [0.3, 0.4) is 0 Å². The summed E-state index contributed by atoms with van der Waals surface area (Å²) in [6.07, 6.45) is 3.37. The second kappa shape index (κ2) is 6.20. The van der Waals surface area contributed by atoms with Gasteiger partial charge in [0.2, 0.25) is 10.0 Å². The van der Waals surface area contributed by atoms with Crippen LogP contribution < -0.4 is 10.5 Å². The molecule has 0 amide bonds. The van der Waals surface area contributed by atoms with E-state index in [4.69, 9.17) is 18.0 Å². The summed E-state index contributed by atoms with van der Waals surface area (Å²) in [5, 5.41) is 0. The van der Waals surface area contributed by atoms with Gasteiger partial charge in [-0.3, -0.25) is 0 Å². The molecule has 0 radical (unpaired) electrons. The Hall–Kier alpha value is -0.980. The molecule has 4 nitrogen and oxygen atoms in total. The molecule has 1 aliphatic carbocycles. The second-order valence-corrected chi connectivity index (χ2v) is 7.72. The third kappa shape index (κ3) is 4.85. The Labute approximate surface area is 125 Å². The monoisotopic (exact) mass is 312 g/mol. The molecule has 1 saturated carbocycles. The van der Waals surface area contributed by atoms with E-state index in [9.17, 15) is 8.42 Å². The highest BCUT2D eigenvalue weighted by atomic mass is 32.2. The Bertz CT molecular complexity index is 595. The molecule has 1 aromatic rings. The first kappa shape index (κ1) is 15.4. The summed E-state index contributed by atoms with van der Waals surface area (Å²) in [6, 6.07) is 7.04. The van der Waals surface area contributed by atoms with Crippen molar-refractivity contribution >= 4 is 27.2 Å². The topological polar surface area (TPSA) is 72.2 Å². The Morgan fingerprint density at radius 3 is 2.80 bits per heavy atom. The summed E-state index contributed by atoms with van der Waals surface area (Å²) in [7, 11) is -3.33. The molecule has 0 heterocycles. The highest BCUT2D eigenvalue weighted by Gasteiger charge is 2.25. The summed E-state index contributed by atoms with van der Waals surface area (Å²) in [4.78, 5) is 0.277. The van der Waals surface area contributed by atoms with Crippen LogP contribution in [0.25, 0.3) is 0 Å². The average Bonchev–Trinajstić information content (AvgIpc) is 3.11. The molecule has 3 N–H and O–H groups in total. The number of nitrogens with two attached hydrogens (primary N) is 1. The van der Waals surface area contributed by atoms with E-state index in [2.05, 4.69) is 4.72 Å². The standard InChI is InChI=1S/C14H20N2O2S2/c1-10(7-11-5-6-11)16-20(17,18)9-12-3-2-4-13(8-12)14(15)19/h2-4,8,10-11,16H,5-7,9H2,1H3,(H2,15,19). The number of hydrogen-bond acceptors (Lipinski definition) is 3. The van der Waals surface area contributed by atoms with E-state index in [0.29, 0.717) is 17.0 Å².